The minimum atomic E-state index is -0.0853. The molecule has 2 heterocycles. The summed E-state index contributed by atoms with van der Waals surface area (Å²) in [6.45, 7) is 3.79. The van der Waals surface area contributed by atoms with Crippen molar-refractivity contribution in [3.63, 3.8) is 0 Å². The van der Waals surface area contributed by atoms with Gasteiger partial charge in [-0.2, -0.15) is 0 Å². The van der Waals surface area contributed by atoms with Gasteiger partial charge in [-0.05, 0) is 61.5 Å². The van der Waals surface area contributed by atoms with E-state index in [0.29, 0.717) is 24.1 Å². The van der Waals surface area contributed by atoms with Crippen molar-refractivity contribution in [2.75, 3.05) is 26.2 Å². The van der Waals surface area contributed by atoms with Gasteiger partial charge in [0.05, 0.1) is 12.2 Å². The molecule has 3 unspecified atom stereocenters. The molecule has 2 aliphatic heterocycles. The van der Waals surface area contributed by atoms with Crippen molar-refractivity contribution >= 4 is 5.91 Å². The number of nitrogens with one attached hydrogen (secondary N) is 1. The number of benzene rings is 3. The van der Waals surface area contributed by atoms with Gasteiger partial charge in [0.2, 0.25) is 0 Å². The number of piperidine rings is 1. The van der Waals surface area contributed by atoms with E-state index in [1.807, 2.05) is 30.3 Å². The second kappa shape index (κ2) is 11.2. The highest BCUT2D eigenvalue weighted by Gasteiger charge is 2.41. The molecule has 3 N–H and O–H groups in total. The Morgan fingerprint density at radius 1 is 0.857 bits per heavy atom. The average molecular weight is 469 g/mol. The fourth-order valence-corrected chi connectivity index (χ4v) is 5.87. The first-order valence-electron chi connectivity index (χ1n) is 12.9. The molecule has 5 nitrogen and oxygen atoms in total. The molecule has 0 bridgehead atoms. The number of nitrogens with zero attached hydrogens (tertiary/aromatic N) is 2. The van der Waals surface area contributed by atoms with E-state index < -0.39 is 0 Å². The molecular weight excluding hydrogens is 432 g/mol. The van der Waals surface area contributed by atoms with Crippen LogP contribution < -0.4 is 11.1 Å². The maximum absolute atomic E-state index is 12.8. The highest BCUT2D eigenvalue weighted by atomic mass is 16.1. The largest absolute Gasteiger partial charge is 0.352 e. The molecule has 2 fully saturated rings. The third kappa shape index (κ3) is 5.48. The molecule has 2 aliphatic rings. The maximum atomic E-state index is 12.8. The quantitative estimate of drug-likeness (QED) is 0.543. The fraction of sp³-hybridized carbons (Fsp3) is 0.367. The molecular formula is C30H36N4O. The first-order valence-corrected chi connectivity index (χ1v) is 12.9. The maximum Gasteiger partial charge on any atom is 0.251 e. The van der Waals surface area contributed by atoms with Gasteiger partial charge >= 0.3 is 0 Å². The number of carbonyl (C=O) groups is 1. The SMILES string of the molecule is NC1CC(CNC(=O)c2ccccc2)C(N2CCCC2)CN1C(c1ccccc1)c1ccccc1. The van der Waals surface area contributed by atoms with E-state index in [-0.39, 0.29) is 18.1 Å². The van der Waals surface area contributed by atoms with E-state index in [2.05, 4.69) is 75.8 Å². The Labute approximate surface area is 208 Å². The van der Waals surface area contributed by atoms with Gasteiger partial charge in [-0.15, -0.1) is 0 Å². The zero-order chi connectivity index (χ0) is 24.0. The van der Waals surface area contributed by atoms with Crippen LogP contribution in [0.25, 0.3) is 0 Å². The Balaban J connectivity index is 1.39. The monoisotopic (exact) mass is 468 g/mol. The lowest BCUT2D eigenvalue weighted by atomic mass is 9.85. The van der Waals surface area contributed by atoms with Gasteiger partial charge < -0.3 is 11.1 Å². The van der Waals surface area contributed by atoms with Crippen LogP contribution in [0.15, 0.2) is 91.0 Å². The summed E-state index contributed by atoms with van der Waals surface area (Å²) in [5.74, 6) is 0.312. The number of nitrogens with two attached hydrogens (primary N) is 1. The van der Waals surface area contributed by atoms with Crippen LogP contribution in [0, 0.1) is 5.92 Å². The molecule has 5 heteroatoms. The first kappa shape index (κ1) is 23.7. The first-order chi connectivity index (χ1) is 17.2. The van der Waals surface area contributed by atoms with Gasteiger partial charge in [0.1, 0.15) is 0 Å². The Morgan fingerprint density at radius 3 is 1.97 bits per heavy atom. The summed E-state index contributed by atoms with van der Waals surface area (Å²) in [6, 6.07) is 31.4. The molecule has 3 atom stereocenters. The predicted octanol–water partition coefficient (Wildman–Crippen LogP) is 4.28. The summed E-state index contributed by atoms with van der Waals surface area (Å²) in [5, 5.41) is 3.21. The van der Waals surface area contributed by atoms with Crippen LogP contribution in [0.2, 0.25) is 0 Å². The minimum Gasteiger partial charge on any atom is -0.352 e. The molecule has 0 spiro atoms. The lowest BCUT2D eigenvalue weighted by molar-refractivity contribution is 0.0124. The van der Waals surface area contributed by atoms with Crippen molar-refractivity contribution in [1.29, 1.82) is 0 Å². The van der Waals surface area contributed by atoms with Crippen molar-refractivity contribution in [2.24, 2.45) is 11.7 Å². The number of carbonyl (C=O) groups excluding carboxylic acids is 1. The van der Waals surface area contributed by atoms with Crippen LogP contribution in [0.5, 0.6) is 0 Å². The Bertz CT molecular complexity index is 1030. The van der Waals surface area contributed by atoms with Crippen LogP contribution in [0.3, 0.4) is 0 Å². The summed E-state index contributed by atoms with van der Waals surface area (Å²) >= 11 is 0. The fourth-order valence-electron chi connectivity index (χ4n) is 5.87. The molecule has 0 aliphatic carbocycles. The third-order valence-corrected chi connectivity index (χ3v) is 7.64. The van der Waals surface area contributed by atoms with Crippen molar-refractivity contribution < 1.29 is 4.79 Å². The zero-order valence-corrected chi connectivity index (χ0v) is 20.3. The van der Waals surface area contributed by atoms with E-state index in [4.69, 9.17) is 5.73 Å². The Kier molecular flexibility index (Phi) is 7.57. The Hall–Kier alpha value is -2.99. The van der Waals surface area contributed by atoms with Crippen molar-refractivity contribution in [2.45, 2.75) is 37.5 Å². The van der Waals surface area contributed by atoms with Crippen LogP contribution in [-0.2, 0) is 0 Å². The second-order valence-electron chi connectivity index (χ2n) is 9.87. The van der Waals surface area contributed by atoms with Gasteiger partial charge in [-0.3, -0.25) is 14.6 Å². The van der Waals surface area contributed by atoms with Gasteiger partial charge in [0, 0.05) is 24.7 Å². The summed E-state index contributed by atoms with van der Waals surface area (Å²) in [7, 11) is 0. The summed E-state index contributed by atoms with van der Waals surface area (Å²) in [5.41, 5.74) is 10.2. The van der Waals surface area contributed by atoms with Gasteiger partial charge in [0.25, 0.3) is 5.91 Å². The molecule has 0 aromatic heterocycles. The normalized spacial score (nSPS) is 23.4. The van der Waals surface area contributed by atoms with Crippen LogP contribution in [-0.4, -0.2) is 54.1 Å². The van der Waals surface area contributed by atoms with Gasteiger partial charge in [0.15, 0.2) is 0 Å². The molecule has 182 valence electrons. The number of rotatable bonds is 7. The summed E-state index contributed by atoms with van der Waals surface area (Å²) in [6.07, 6.45) is 3.25. The molecule has 5 rings (SSSR count). The van der Waals surface area contributed by atoms with E-state index in [1.165, 1.54) is 24.0 Å². The molecule has 1 amide bonds. The predicted molar refractivity (Wildman–Crippen MR) is 141 cm³/mol. The van der Waals surface area contributed by atoms with E-state index >= 15 is 0 Å². The van der Waals surface area contributed by atoms with Crippen molar-refractivity contribution in [1.82, 2.24) is 15.1 Å². The number of hydrogen-bond donors (Lipinski definition) is 2. The third-order valence-electron chi connectivity index (χ3n) is 7.64. The lowest BCUT2D eigenvalue weighted by Crippen LogP contribution is -2.61. The zero-order valence-electron chi connectivity index (χ0n) is 20.3. The van der Waals surface area contributed by atoms with Crippen molar-refractivity contribution in [3.05, 3.63) is 108 Å². The topological polar surface area (TPSA) is 61.6 Å². The van der Waals surface area contributed by atoms with E-state index in [9.17, 15) is 4.79 Å². The number of likely N-dealkylation sites (tertiary alicyclic amines) is 2. The number of amides is 1. The van der Waals surface area contributed by atoms with Crippen LogP contribution in [0.4, 0.5) is 0 Å². The standard InChI is InChI=1S/C30H36N4O/c31-28-20-26(21-32-30(35)25-16-8-3-9-17-25)27(33-18-10-11-19-33)22-34(28)29(23-12-4-1-5-13-23)24-14-6-2-7-15-24/h1-9,12-17,26-29H,10-11,18-22,31H2,(H,32,35). The smallest absolute Gasteiger partial charge is 0.251 e. The van der Waals surface area contributed by atoms with E-state index in [0.717, 1.165) is 26.1 Å². The number of hydrogen-bond acceptors (Lipinski definition) is 4. The van der Waals surface area contributed by atoms with Gasteiger partial charge in [-0.25, -0.2) is 0 Å². The molecule has 0 radical (unpaired) electrons. The molecule has 3 aromatic rings. The minimum absolute atomic E-state index is 0.00628. The molecule has 0 saturated carbocycles. The lowest BCUT2D eigenvalue weighted by Gasteiger charge is -2.49. The van der Waals surface area contributed by atoms with E-state index in [1.54, 1.807) is 0 Å². The molecule has 3 aromatic carbocycles. The van der Waals surface area contributed by atoms with Crippen molar-refractivity contribution in [3.8, 4) is 0 Å². The summed E-state index contributed by atoms with van der Waals surface area (Å²) < 4.78 is 0. The second-order valence-corrected chi connectivity index (χ2v) is 9.87. The van der Waals surface area contributed by atoms with Gasteiger partial charge in [-0.1, -0.05) is 78.9 Å². The molecule has 2 saturated heterocycles. The average Bonchev–Trinajstić information content (AvgIpc) is 3.45. The Morgan fingerprint density at radius 2 is 1.40 bits per heavy atom. The molecule has 35 heavy (non-hydrogen) atoms. The summed E-state index contributed by atoms with van der Waals surface area (Å²) in [4.78, 5) is 17.9. The van der Waals surface area contributed by atoms with Crippen LogP contribution >= 0.6 is 0 Å². The highest BCUT2D eigenvalue weighted by molar-refractivity contribution is 5.94. The van der Waals surface area contributed by atoms with Crippen LogP contribution in [0.1, 0.15) is 46.8 Å². The highest BCUT2D eigenvalue weighted by Crippen LogP contribution is 2.36.